The highest BCUT2D eigenvalue weighted by molar-refractivity contribution is 6.04. The van der Waals surface area contributed by atoms with Crippen LogP contribution in [0.1, 0.15) is 28.4 Å². The Morgan fingerprint density at radius 1 is 1.09 bits per heavy atom. The maximum Gasteiger partial charge on any atom is 0.305 e. The number of fused-ring (bicyclic) bond motifs is 1. The zero-order chi connectivity index (χ0) is 23.1. The molecule has 0 fully saturated rings. The number of aromatic nitrogens is 1. The van der Waals surface area contributed by atoms with E-state index < -0.39 is 23.8 Å². The molecule has 164 valence electrons. The average molecular weight is 434 g/mol. The second-order valence-electron chi connectivity index (χ2n) is 6.94. The summed E-state index contributed by atoms with van der Waals surface area (Å²) in [6, 6.07) is 13.0. The number of hydrogen-bond donors (Lipinski definition) is 5. The molecule has 1 aromatic heterocycles. The lowest BCUT2D eigenvalue weighted by Gasteiger charge is -2.17. The maximum atomic E-state index is 12.7. The number of benzene rings is 2. The van der Waals surface area contributed by atoms with Crippen molar-refractivity contribution in [3.63, 3.8) is 0 Å². The fraction of sp³-hybridized carbons (Fsp3) is 0.136. The number of nitrogens with one attached hydrogen (secondary N) is 2. The number of carboxylic acid groups (broad SMARTS) is 1. The van der Waals surface area contributed by atoms with Crippen LogP contribution >= 0.6 is 0 Å². The van der Waals surface area contributed by atoms with E-state index in [2.05, 4.69) is 20.6 Å². The fourth-order valence-corrected chi connectivity index (χ4v) is 3.17. The van der Waals surface area contributed by atoms with Crippen LogP contribution in [0.4, 0.5) is 5.69 Å². The van der Waals surface area contributed by atoms with Crippen LogP contribution in [-0.4, -0.2) is 40.4 Å². The molecule has 10 heteroatoms. The summed E-state index contributed by atoms with van der Waals surface area (Å²) in [4.78, 5) is 44.2. The van der Waals surface area contributed by atoms with E-state index >= 15 is 0 Å². The second kappa shape index (κ2) is 10.0. The molecule has 0 aliphatic heterocycles. The van der Waals surface area contributed by atoms with Gasteiger partial charge in [0.1, 0.15) is 0 Å². The Labute approximate surface area is 183 Å². The van der Waals surface area contributed by atoms with E-state index in [9.17, 15) is 14.4 Å². The summed E-state index contributed by atoms with van der Waals surface area (Å²) in [6.07, 6.45) is 2.70. The van der Waals surface area contributed by atoms with Gasteiger partial charge in [0.25, 0.3) is 5.91 Å². The molecule has 10 nitrogen and oxygen atoms in total. The lowest BCUT2D eigenvalue weighted by Crippen LogP contribution is -2.39. The van der Waals surface area contributed by atoms with Crippen molar-refractivity contribution in [2.75, 3.05) is 6.54 Å². The van der Waals surface area contributed by atoms with Gasteiger partial charge in [-0.2, -0.15) is 0 Å². The number of carbonyl (C=O) groups is 3. The maximum absolute atomic E-state index is 12.7. The Balaban J connectivity index is 1.72. The Kier molecular flexibility index (Phi) is 6.96. The van der Waals surface area contributed by atoms with E-state index in [0.29, 0.717) is 11.3 Å². The largest absolute Gasteiger partial charge is 0.481 e. The van der Waals surface area contributed by atoms with Crippen molar-refractivity contribution in [3.05, 3.63) is 72.1 Å². The molecular weight excluding hydrogens is 412 g/mol. The van der Waals surface area contributed by atoms with Crippen molar-refractivity contribution in [2.24, 2.45) is 16.5 Å². The number of rotatable bonds is 8. The first-order valence-electron chi connectivity index (χ1n) is 9.65. The number of carbonyl (C=O) groups excluding carboxylic acids is 2. The lowest BCUT2D eigenvalue weighted by molar-refractivity contribution is -0.137. The van der Waals surface area contributed by atoms with E-state index in [1.807, 2.05) is 24.3 Å². The van der Waals surface area contributed by atoms with E-state index in [0.717, 1.165) is 10.8 Å². The van der Waals surface area contributed by atoms with Crippen LogP contribution in [0.5, 0.6) is 0 Å². The third-order valence-corrected chi connectivity index (χ3v) is 4.56. The lowest BCUT2D eigenvalue weighted by atomic mass is 10.0. The van der Waals surface area contributed by atoms with Crippen LogP contribution in [0.2, 0.25) is 0 Å². The number of guanidine groups is 1. The molecule has 0 saturated carbocycles. The highest BCUT2D eigenvalue weighted by Crippen LogP contribution is 2.28. The summed E-state index contributed by atoms with van der Waals surface area (Å²) >= 11 is 0. The fourth-order valence-electron chi connectivity index (χ4n) is 3.17. The van der Waals surface area contributed by atoms with E-state index in [-0.39, 0.29) is 24.5 Å². The average Bonchev–Trinajstić information content (AvgIpc) is 2.77. The van der Waals surface area contributed by atoms with Crippen LogP contribution < -0.4 is 22.1 Å². The van der Waals surface area contributed by atoms with Crippen molar-refractivity contribution < 1.29 is 19.5 Å². The van der Waals surface area contributed by atoms with Gasteiger partial charge in [0.05, 0.1) is 24.7 Å². The molecule has 3 aromatic rings. The first-order valence-corrected chi connectivity index (χ1v) is 9.65. The molecule has 3 rings (SSSR count). The zero-order valence-electron chi connectivity index (χ0n) is 17.0. The molecule has 0 spiro atoms. The first kappa shape index (κ1) is 22.2. The molecule has 32 heavy (non-hydrogen) atoms. The highest BCUT2D eigenvalue weighted by Gasteiger charge is 2.19. The molecule has 1 atom stereocenters. The van der Waals surface area contributed by atoms with Crippen molar-refractivity contribution in [3.8, 4) is 0 Å². The zero-order valence-corrected chi connectivity index (χ0v) is 17.0. The molecule has 1 unspecified atom stereocenters. The van der Waals surface area contributed by atoms with Gasteiger partial charge in [0, 0.05) is 23.3 Å². The Morgan fingerprint density at radius 3 is 2.56 bits per heavy atom. The van der Waals surface area contributed by atoms with Crippen molar-refractivity contribution in [1.29, 1.82) is 0 Å². The van der Waals surface area contributed by atoms with Gasteiger partial charge >= 0.3 is 5.97 Å². The molecule has 0 saturated heterocycles. The monoisotopic (exact) mass is 434 g/mol. The van der Waals surface area contributed by atoms with Gasteiger partial charge in [0.15, 0.2) is 5.96 Å². The van der Waals surface area contributed by atoms with E-state index in [4.69, 9.17) is 16.6 Å². The third-order valence-electron chi connectivity index (χ3n) is 4.56. The summed E-state index contributed by atoms with van der Waals surface area (Å²) in [5.41, 5.74) is 12.2. The number of hydrogen-bond acceptors (Lipinski definition) is 5. The van der Waals surface area contributed by atoms with E-state index in [1.165, 1.54) is 12.3 Å². The third kappa shape index (κ3) is 5.79. The van der Waals surface area contributed by atoms with Gasteiger partial charge in [-0.3, -0.25) is 19.4 Å². The SMILES string of the molecule is NC(N)=Nc1cc(C(=O)NCC(=O)NC(CC(=O)O)c2cccnc2)cc2ccccc12. The molecule has 0 radical (unpaired) electrons. The molecule has 0 aliphatic carbocycles. The van der Waals surface area contributed by atoms with E-state index in [1.54, 1.807) is 24.4 Å². The van der Waals surface area contributed by atoms with Crippen LogP contribution in [0.3, 0.4) is 0 Å². The molecule has 2 aromatic carbocycles. The molecule has 2 amide bonds. The summed E-state index contributed by atoms with van der Waals surface area (Å²) < 4.78 is 0. The standard InChI is InChI=1S/C22H22N6O4/c23-22(24)28-18-9-15(8-13-4-1-2-6-16(13)18)21(32)26-12-19(29)27-17(10-20(30)31)14-5-3-7-25-11-14/h1-9,11,17H,10,12H2,(H,26,32)(H,27,29)(H,30,31)(H4,23,24,28). The number of amides is 2. The number of nitrogens with zero attached hydrogens (tertiary/aromatic N) is 2. The van der Waals surface area contributed by atoms with Gasteiger partial charge < -0.3 is 27.2 Å². The molecule has 0 bridgehead atoms. The molecule has 1 heterocycles. The summed E-state index contributed by atoms with van der Waals surface area (Å²) in [5, 5.41) is 15.8. The Bertz CT molecular complexity index is 1180. The van der Waals surface area contributed by atoms with Crippen LogP contribution in [0, 0.1) is 0 Å². The molecule has 0 aliphatic rings. The smallest absolute Gasteiger partial charge is 0.305 e. The normalized spacial score (nSPS) is 11.4. The number of aliphatic imine (C=N–C) groups is 1. The van der Waals surface area contributed by atoms with Gasteiger partial charge in [-0.15, -0.1) is 0 Å². The van der Waals surface area contributed by atoms with Crippen LogP contribution in [0.25, 0.3) is 10.8 Å². The highest BCUT2D eigenvalue weighted by atomic mass is 16.4. The quantitative estimate of drug-likeness (QED) is 0.262. The van der Waals surface area contributed by atoms with Crippen molar-refractivity contribution >= 4 is 40.2 Å². The minimum absolute atomic E-state index is 0.146. The van der Waals surface area contributed by atoms with Gasteiger partial charge in [-0.1, -0.05) is 30.3 Å². The van der Waals surface area contributed by atoms with Gasteiger partial charge in [-0.25, -0.2) is 4.99 Å². The minimum Gasteiger partial charge on any atom is -0.481 e. The number of pyridine rings is 1. The summed E-state index contributed by atoms with van der Waals surface area (Å²) in [6.45, 7) is -0.348. The van der Waals surface area contributed by atoms with Crippen LogP contribution in [-0.2, 0) is 9.59 Å². The predicted molar refractivity (Wildman–Crippen MR) is 119 cm³/mol. The topological polar surface area (TPSA) is 173 Å². The Hall–Kier alpha value is -4.47. The molecular formula is C22H22N6O4. The van der Waals surface area contributed by atoms with Gasteiger partial charge in [-0.05, 0) is 29.1 Å². The summed E-state index contributed by atoms with van der Waals surface area (Å²) in [7, 11) is 0. The second-order valence-corrected chi connectivity index (χ2v) is 6.94. The number of aliphatic carboxylic acids is 1. The number of carboxylic acids is 1. The number of nitrogens with two attached hydrogens (primary N) is 2. The first-order chi connectivity index (χ1) is 15.3. The summed E-state index contributed by atoms with van der Waals surface area (Å²) in [5.74, 6) is -2.27. The molecule has 7 N–H and O–H groups in total. The van der Waals surface area contributed by atoms with Crippen LogP contribution in [0.15, 0.2) is 65.9 Å². The Morgan fingerprint density at radius 2 is 1.88 bits per heavy atom. The van der Waals surface area contributed by atoms with Crippen molar-refractivity contribution in [2.45, 2.75) is 12.5 Å². The van der Waals surface area contributed by atoms with Gasteiger partial charge in [0.2, 0.25) is 5.91 Å². The predicted octanol–water partition coefficient (Wildman–Crippen LogP) is 1.20. The van der Waals surface area contributed by atoms with Crippen molar-refractivity contribution in [1.82, 2.24) is 15.6 Å². The minimum atomic E-state index is -1.08.